The first-order chi connectivity index (χ1) is 8.13. The van der Waals surface area contributed by atoms with Gasteiger partial charge in [0.05, 0.1) is 37.0 Å². The van der Waals surface area contributed by atoms with Crippen molar-refractivity contribution in [2.45, 2.75) is 19.4 Å². The number of hydrogen-bond donors (Lipinski definition) is 1. The molecule has 1 atom stereocenters. The van der Waals surface area contributed by atoms with Gasteiger partial charge in [-0.3, -0.25) is 0 Å². The minimum absolute atomic E-state index is 0.486. The van der Waals surface area contributed by atoms with Crippen molar-refractivity contribution in [3.63, 3.8) is 0 Å². The van der Waals surface area contributed by atoms with Crippen LogP contribution in [0.15, 0.2) is 23.0 Å². The normalized spacial score (nSPS) is 12.7. The molecular weight excluding hydrogens is 220 g/mol. The van der Waals surface area contributed by atoms with Crippen molar-refractivity contribution in [2.75, 3.05) is 7.11 Å². The summed E-state index contributed by atoms with van der Waals surface area (Å²) in [4.78, 5) is 0. The molecule has 0 aromatic carbocycles. The van der Waals surface area contributed by atoms with Crippen LogP contribution in [0, 0.1) is 6.92 Å². The van der Waals surface area contributed by atoms with Gasteiger partial charge in [-0.1, -0.05) is 0 Å². The van der Waals surface area contributed by atoms with E-state index in [1.807, 2.05) is 13.0 Å². The molecule has 2 heterocycles. The van der Waals surface area contributed by atoms with Gasteiger partial charge in [0.1, 0.15) is 0 Å². The standard InChI is InChI=1S/C12H16N2O3/c1-8-11(12(16-3)14(2)13-8)10(15)6-9-4-5-17-7-9/h4-5,7,10,15H,6H2,1-3H3. The van der Waals surface area contributed by atoms with Crippen LogP contribution in [-0.2, 0) is 13.5 Å². The Morgan fingerprint density at radius 1 is 1.59 bits per heavy atom. The fraction of sp³-hybridized carbons (Fsp3) is 0.417. The summed E-state index contributed by atoms with van der Waals surface area (Å²) in [5.41, 5.74) is 2.46. The number of rotatable bonds is 4. The van der Waals surface area contributed by atoms with E-state index < -0.39 is 6.10 Å². The van der Waals surface area contributed by atoms with Crippen LogP contribution in [0.5, 0.6) is 5.88 Å². The molecule has 0 bridgehead atoms. The van der Waals surface area contributed by atoms with Crippen molar-refractivity contribution in [3.05, 3.63) is 35.4 Å². The van der Waals surface area contributed by atoms with Crippen LogP contribution in [-0.4, -0.2) is 22.0 Å². The van der Waals surface area contributed by atoms with Gasteiger partial charge >= 0.3 is 0 Å². The van der Waals surface area contributed by atoms with Crippen molar-refractivity contribution in [1.29, 1.82) is 0 Å². The number of aryl methyl sites for hydroxylation is 2. The van der Waals surface area contributed by atoms with E-state index in [-0.39, 0.29) is 0 Å². The molecule has 92 valence electrons. The lowest BCUT2D eigenvalue weighted by Gasteiger charge is -2.11. The molecule has 0 aliphatic rings. The van der Waals surface area contributed by atoms with Gasteiger partial charge in [0.15, 0.2) is 0 Å². The van der Waals surface area contributed by atoms with E-state index in [2.05, 4.69) is 5.10 Å². The second-order valence-corrected chi connectivity index (χ2v) is 3.98. The summed E-state index contributed by atoms with van der Waals surface area (Å²) in [6.45, 7) is 1.86. The number of aliphatic hydroxyl groups is 1. The highest BCUT2D eigenvalue weighted by atomic mass is 16.5. The first-order valence-corrected chi connectivity index (χ1v) is 5.40. The van der Waals surface area contributed by atoms with Crippen molar-refractivity contribution in [3.8, 4) is 5.88 Å². The average molecular weight is 236 g/mol. The van der Waals surface area contributed by atoms with Gasteiger partial charge in [0.2, 0.25) is 5.88 Å². The third-order valence-corrected chi connectivity index (χ3v) is 2.75. The highest BCUT2D eigenvalue weighted by Gasteiger charge is 2.21. The van der Waals surface area contributed by atoms with Gasteiger partial charge in [-0.2, -0.15) is 5.10 Å². The van der Waals surface area contributed by atoms with Crippen LogP contribution in [0.3, 0.4) is 0 Å². The van der Waals surface area contributed by atoms with E-state index in [9.17, 15) is 5.11 Å². The Morgan fingerprint density at radius 2 is 2.35 bits per heavy atom. The molecule has 5 heteroatoms. The van der Waals surface area contributed by atoms with Crippen LogP contribution in [0.2, 0.25) is 0 Å². The van der Waals surface area contributed by atoms with E-state index in [4.69, 9.17) is 9.15 Å². The largest absolute Gasteiger partial charge is 0.481 e. The molecule has 0 aliphatic heterocycles. The number of methoxy groups -OCH3 is 1. The second kappa shape index (κ2) is 4.63. The van der Waals surface area contributed by atoms with E-state index in [0.29, 0.717) is 12.3 Å². The Labute approximate surface area is 99.6 Å². The molecule has 1 unspecified atom stereocenters. The van der Waals surface area contributed by atoms with Gasteiger partial charge in [-0.05, 0) is 18.6 Å². The maximum atomic E-state index is 10.2. The number of nitrogens with zero attached hydrogens (tertiary/aromatic N) is 2. The van der Waals surface area contributed by atoms with E-state index >= 15 is 0 Å². The van der Waals surface area contributed by atoms with Gasteiger partial charge in [-0.15, -0.1) is 0 Å². The SMILES string of the molecule is COc1c(C(O)Cc2ccoc2)c(C)nn1C. The lowest BCUT2D eigenvalue weighted by molar-refractivity contribution is 0.172. The van der Waals surface area contributed by atoms with Crippen LogP contribution < -0.4 is 4.74 Å². The Bertz CT molecular complexity index is 488. The van der Waals surface area contributed by atoms with Gasteiger partial charge in [0.25, 0.3) is 0 Å². The molecular formula is C12H16N2O3. The maximum Gasteiger partial charge on any atom is 0.217 e. The number of furan rings is 1. The lowest BCUT2D eigenvalue weighted by Crippen LogP contribution is -2.04. The molecule has 2 aromatic heterocycles. The number of ether oxygens (including phenoxy) is 1. The smallest absolute Gasteiger partial charge is 0.217 e. The van der Waals surface area contributed by atoms with Crippen molar-refractivity contribution < 1.29 is 14.3 Å². The minimum Gasteiger partial charge on any atom is -0.481 e. The topological polar surface area (TPSA) is 60.4 Å². The Morgan fingerprint density at radius 3 is 2.94 bits per heavy atom. The van der Waals surface area contributed by atoms with Crippen molar-refractivity contribution >= 4 is 0 Å². The van der Waals surface area contributed by atoms with Crippen molar-refractivity contribution in [1.82, 2.24) is 9.78 Å². The van der Waals surface area contributed by atoms with Crippen molar-refractivity contribution in [2.24, 2.45) is 7.05 Å². The highest BCUT2D eigenvalue weighted by molar-refractivity contribution is 5.34. The predicted molar refractivity (Wildman–Crippen MR) is 61.9 cm³/mol. The average Bonchev–Trinajstić information content (AvgIpc) is 2.85. The van der Waals surface area contributed by atoms with Crippen LogP contribution in [0.25, 0.3) is 0 Å². The first kappa shape index (κ1) is 11.7. The van der Waals surface area contributed by atoms with Gasteiger partial charge in [0, 0.05) is 13.5 Å². The third-order valence-electron chi connectivity index (χ3n) is 2.75. The van der Waals surface area contributed by atoms with Crippen LogP contribution in [0.1, 0.15) is 22.9 Å². The summed E-state index contributed by atoms with van der Waals surface area (Å²) in [7, 11) is 3.37. The molecule has 2 aromatic rings. The summed E-state index contributed by atoms with van der Waals surface area (Å²) in [5.74, 6) is 0.596. The molecule has 0 saturated carbocycles. The molecule has 0 amide bonds. The Balaban J connectivity index is 2.27. The molecule has 5 nitrogen and oxygen atoms in total. The molecule has 0 fully saturated rings. The summed E-state index contributed by atoms with van der Waals surface area (Å²) in [5, 5.41) is 14.5. The van der Waals surface area contributed by atoms with E-state index in [1.54, 1.807) is 31.4 Å². The number of hydrogen-bond acceptors (Lipinski definition) is 4. The molecule has 0 spiro atoms. The van der Waals surface area contributed by atoms with E-state index in [1.165, 1.54) is 0 Å². The minimum atomic E-state index is -0.642. The quantitative estimate of drug-likeness (QED) is 0.876. The highest BCUT2D eigenvalue weighted by Crippen LogP contribution is 2.30. The molecule has 0 saturated heterocycles. The zero-order valence-corrected chi connectivity index (χ0v) is 10.2. The zero-order chi connectivity index (χ0) is 12.4. The third kappa shape index (κ3) is 2.19. The summed E-state index contributed by atoms with van der Waals surface area (Å²) in [6, 6.07) is 1.83. The zero-order valence-electron chi connectivity index (χ0n) is 10.2. The first-order valence-electron chi connectivity index (χ1n) is 5.40. The maximum absolute atomic E-state index is 10.2. The van der Waals surface area contributed by atoms with Gasteiger partial charge in [-0.25, -0.2) is 4.68 Å². The van der Waals surface area contributed by atoms with E-state index in [0.717, 1.165) is 16.8 Å². The fourth-order valence-corrected chi connectivity index (χ4v) is 2.01. The molecule has 1 N–H and O–H groups in total. The van der Waals surface area contributed by atoms with Gasteiger partial charge < -0.3 is 14.3 Å². The second-order valence-electron chi connectivity index (χ2n) is 3.98. The predicted octanol–water partition coefficient (Wildman–Crippen LogP) is 1.61. The fourth-order valence-electron chi connectivity index (χ4n) is 2.01. The monoisotopic (exact) mass is 236 g/mol. The molecule has 0 radical (unpaired) electrons. The Kier molecular flexibility index (Phi) is 3.19. The van der Waals surface area contributed by atoms with Crippen LogP contribution in [0.4, 0.5) is 0 Å². The lowest BCUT2D eigenvalue weighted by atomic mass is 10.0. The Hall–Kier alpha value is -1.75. The number of aromatic nitrogens is 2. The molecule has 17 heavy (non-hydrogen) atoms. The number of aliphatic hydroxyl groups excluding tert-OH is 1. The molecule has 0 aliphatic carbocycles. The van der Waals surface area contributed by atoms with Crippen LogP contribution >= 0.6 is 0 Å². The molecule has 2 rings (SSSR count). The summed E-state index contributed by atoms with van der Waals surface area (Å²) in [6.07, 6.45) is 3.06. The summed E-state index contributed by atoms with van der Waals surface area (Å²) < 4.78 is 11.9. The summed E-state index contributed by atoms with van der Waals surface area (Å²) >= 11 is 0.